The van der Waals surface area contributed by atoms with E-state index in [1.54, 1.807) is 0 Å². The number of ether oxygens (including phenoxy) is 1. The van der Waals surface area contributed by atoms with E-state index in [0.29, 0.717) is 13.0 Å². The maximum absolute atomic E-state index is 12.6. The highest BCUT2D eigenvalue weighted by atomic mass is 16.5. The van der Waals surface area contributed by atoms with Gasteiger partial charge in [-0.15, -0.1) is 0 Å². The van der Waals surface area contributed by atoms with Crippen molar-refractivity contribution in [2.24, 2.45) is 16.7 Å². The molecule has 130 valence electrons. The minimum absolute atomic E-state index is 0.0834. The number of hydrogen-bond acceptors (Lipinski definition) is 3. The van der Waals surface area contributed by atoms with Crippen molar-refractivity contribution in [2.75, 3.05) is 0 Å². The maximum atomic E-state index is 12.6. The van der Waals surface area contributed by atoms with E-state index >= 15 is 0 Å². The van der Waals surface area contributed by atoms with E-state index in [9.17, 15) is 10.1 Å². The Morgan fingerprint density at radius 3 is 2.84 bits per heavy atom. The van der Waals surface area contributed by atoms with Crippen LogP contribution in [0, 0.1) is 28.1 Å². The Labute approximate surface area is 149 Å². The van der Waals surface area contributed by atoms with Crippen molar-refractivity contribution in [3.8, 4) is 6.07 Å². The lowest BCUT2D eigenvalue weighted by Gasteiger charge is -2.59. The molecule has 1 aromatic carbocycles. The van der Waals surface area contributed by atoms with Gasteiger partial charge in [0.05, 0.1) is 24.7 Å². The summed E-state index contributed by atoms with van der Waals surface area (Å²) in [4.78, 5) is 12.6. The SMILES string of the molecule is C[C@]12CCC(=O)C3=CCC(C#N)C31CCC[C@@H]2OCc1ccccc1. The summed E-state index contributed by atoms with van der Waals surface area (Å²) >= 11 is 0. The third kappa shape index (κ3) is 2.31. The first-order chi connectivity index (χ1) is 12.1. The van der Waals surface area contributed by atoms with Gasteiger partial charge in [-0.2, -0.15) is 5.26 Å². The van der Waals surface area contributed by atoms with Gasteiger partial charge in [0, 0.05) is 17.3 Å². The monoisotopic (exact) mass is 335 g/mol. The van der Waals surface area contributed by atoms with Gasteiger partial charge in [-0.05, 0) is 43.2 Å². The number of carbonyl (C=O) groups is 1. The van der Waals surface area contributed by atoms with Gasteiger partial charge < -0.3 is 4.74 Å². The number of rotatable bonds is 3. The molecule has 3 aliphatic carbocycles. The Morgan fingerprint density at radius 2 is 2.08 bits per heavy atom. The fraction of sp³-hybridized carbons (Fsp3) is 0.545. The zero-order valence-corrected chi connectivity index (χ0v) is 14.8. The fourth-order valence-corrected chi connectivity index (χ4v) is 5.73. The van der Waals surface area contributed by atoms with Crippen LogP contribution in [0.15, 0.2) is 42.0 Å². The highest BCUT2D eigenvalue weighted by Crippen LogP contribution is 2.67. The van der Waals surface area contributed by atoms with Crippen molar-refractivity contribution in [3.05, 3.63) is 47.5 Å². The molecule has 0 saturated heterocycles. The molecule has 2 saturated carbocycles. The second kappa shape index (κ2) is 6.11. The topological polar surface area (TPSA) is 50.1 Å². The molecule has 0 radical (unpaired) electrons. The zero-order chi connectivity index (χ0) is 17.5. The van der Waals surface area contributed by atoms with E-state index in [0.717, 1.165) is 37.7 Å². The number of nitrogens with zero attached hydrogens (tertiary/aromatic N) is 1. The average Bonchev–Trinajstić information content (AvgIpc) is 3.02. The summed E-state index contributed by atoms with van der Waals surface area (Å²) in [5, 5.41) is 9.80. The van der Waals surface area contributed by atoms with Crippen LogP contribution in [0.4, 0.5) is 0 Å². The summed E-state index contributed by atoms with van der Waals surface area (Å²) in [5.41, 5.74) is 1.70. The molecule has 3 aliphatic rings. The summed E-state index contributed by atoms with van der Waals surface area (Å²) in [5.74, 6) is 0.179. The van der Waals surface area contributed by atoms with Crippen molar-refractivity contribution >= 4 is 5.78 Å². The smallest absolute Gasteiger partial charge is 0.159 e. The van der Waals surface area contributed by atoms with Crippen LogP contribution in [0.5, 0.6) is 0 Å². The van der Waals surface area contributed by atoms with Crippen LogP contribution < -0.4 is 0 Å². The fourth-order valence-electron chi connectivity index (χ4n) is 5.73. The molecule has 0 aromatic heterocycles. The maximum Gasteiger partial charge on any atom is 0.159 e. The van der Waals surface area contributed by atoms with E-state index in [1.807, 2.05) is 18.2 Å². The van der Waals surface area contributed by atoms with Gasteiger partial charge in [0.25, 0.3) is 0 Å². The van der Waals surface area contributed by atoms with E-state index < -0.39 is 0 Å². The number of ketones is 1. The summed E-state index contributed by atoms with van der Waals surface area (Å²) in [7, 11) is 0. The number of allylic oxidation sites excluding steroid dienone is 2. The van der Waals surface area contributed by atoms with Crippen molar-refractivity contribution < 1.29 is 9.53 Å². The summed E-state index contributed by atoms with van der Waals surface area (Å²) in [6, 6.07) is 12.8. The van der Waals surface area contributed by atoms with Crippen molar-refractivity contribution in [1.29, 1.82) is 5.26 Å². The molecule has 0 heterocycles. The van der Waals surface area contributed by atoms with E-state index in [4.69, 9.17) is 4.74 Å². The van der Waals surface area contributed by atoms with Gasteiger partial charge >= 0.3 is 0 Å². The molecule has 4 atom stereocenters. The first kappa shape index (κ1) is 16.5. The molecule has 3 heteroatoms. The Balaban J connectivity index is 1.66. The lowest BCUT2D eigenvalue weighted by atomic mass is 9.45. The van der Waals surface area contributed by atoms with Crippen LogP contribution in [-0.2, 0) is 16.1 Å². The molecule has 2 unspecified atom stereocenters. The van der Waals surface area contributed by atoms with Gasteiger partial charge in [0.2, 0.25) is 0 Å². The molecule has 4 rings (SSSR count). The molecule has 1 spiro atoms. The van der Waals surface area contributed by atoms with Crippen LogP contribution in [0.1, 0.15) is 51.0 Å². The quantitative estimate of drug-likeness (QED) is 0.812. The first-order valence-electron chi connectivity index (χ1n) is 9.41. The molecule has 25 heavy (non-hydrogen) atoms. The molecule has 3 nitrogen and oxygen atoms in total. The molecule has 0 amide bonds. The Kier molecular flexibility index (Phi) is 4.04. The standard InChI is InChI=1S/C22H25NO2/c1-21-13-11-19(24)18-10-9-17(14-23)22(18,21)12-5-8-20(21)25-15-16-6-3-2-4-7-16/h2-4,6-7,10,17,20H,5,8-9,11-13,15H2,1H3/t17?,20-,21+,22?/m0/s1. The Hall–Kier alpha value is -1.92. The Morgan fingerprint density at radius 1 is 1.28 bits per heavy atom. The number of carbonyl (C=O) groups excluding carboxylic acids is 1. The summed E-state index contributed by atoms with van der Waals surface area (Å²) in [6.07, 6.45) is 7.31. The van der Waals surface area contributed by atoms with Crippen molar-refractivity contribution in [3.63, 3.8) is 0 Å². The molecule has 0 aliphatic heterocycles. The molecular weight excluding hydrogens is 310 g/mol. The van der Waals surface area contributed by atoms with Gasteiger partial charge in [0.15, 0.2) is 5.78 Å². The number of hydrogen-bond donors (Lipinski definition) is 0. The lowest BCUT2D eigenvalue weighted by Crippen LogP contribution is -2.58. The molecule has 2 fully saturated rings. The van der Waals surface area contributed by atoms with E-state index in [-0.39, 0.29) is 28.6 Å². The van der Waals surface area contributed by atoms with Gasteiger partial charge in [0.1, 0.15) is 0 Å². The van der Waals surface area contributed by atoms with Crippen molar-refractivity contribution in [2.45, 2.75) is 58.2 Å². The first-order valence-corrected chi connectivity index (χ1v) is 9.41. The second-order valence-corrected chi connectivity index (χ2v) is 8.02. The Bertz CT molecular complexity index is 747. The van der Waals surface area contributed by atoms with Crippen LogP contribution in [-0.4, -0.2) is 11.9 Å². The van der Waals surface area contributed by atoms with E-state index in [1.165, 1.54) is 5.56 Å². The number of Topliss-reactive ketones (excluding diaryl/α,β-unsaturated/α-hetero) is 1. The van der Waals surface area contributed by atoms with Crippen LogP contribution in [0.3, 0.4) is 0 Å². The minimum atomic E-state index is -0.295. The second-order valence-electron chi connectivity index (χ2n) is 8.02. The number of nitriles is 1. The molecule has 0 bridgehead atoms. The average molecular weight is 335 g/mol. The van der Waals surface area contributed by atoms with E-state index in [2.05, 4.69) is 31.2 Å². The lowest BCUT2D eigenvalue weighted by molar-refractivity contribution is -0.156. The third-order valence-corrected chi connectivity index (χ3v) is 7.02. The van der Waals surface area contributed by atoms with Crippen LogP contribution in [0.2, 0.25) is 0 Å². The van der Waals surface area contributed by atoms with Gasteiger partial charge in [-0.1, -0.05) is 43.3 Å². The van der Waals surface area contributed by atoms with Crippen molar-refractivity contribution in [1.82, 2.24) is 0 Å². The van der Waals surface area contributed by atoms with Gasteiger partial charge in [-0.3, -0.25) is 4.79 Å². The largest absolute Gasteiger partial charge is 0.373 e. The van der Waals surface area contributed by atoms with Crippen LogP contribution >= 0.6 is 0 Å². The predicted molar refractivity (Wildman–Crippen MR) is 95.5 cm³/mol. The molecule has 0 N–H and O–H groups in total. The minimum Gasteiger partial charge on any atom is -0.373 e. The predicted octanol–water partition coefficient (Wildman–Crippen LogP) is 4.58. The number of benzene rings is 1. The highest BCUT2D eigenvalue weighted by molar-refractivity contribution is 5.98. The normalized spacial score (nSPS) is 37.0. The summed E-state index contributed by atoms with van der Waals surface area (Å²) in [6.45, 7) is 2.87. The third-order valence-electron chi connectivity index (χ3n) is 7.02. The molecule has 1 aromatic rings. The van der Waals surface area contributed by atoms with Gasteiger partial charge in [-0.25, -0.2) is 0 Å². The zero-order valence-electron chi connectivity index (χ0n) is 14.8. The highest BCUT2D eigenvalue weighted by Gasteiger charge is 2.64. The molecular formula is C22H25NO2. The van der Waals surface area contributed by atoms with Crippen LogP contribution in [0.25, 0.3) is 0 Å². The summed E-state index contributed by atoms with van der Waals surface area (Å²) < 4.78 is 6.42.